The van der Waals surface area contributed by atoms with Crippen molar-refractivity contribution >= 4 is 27.1 Å². The number of nitrogens with one attached hydrogen (secondary N) is 1. The van der Waals surface area contributed by atoms with Gasteiger partial charge in [0.2, 0.25) is 0 Å². The Balaban J connectivity index is 2.44. The summed E-state index contributed by atoms with van der Waals surface area (Å²) in [5.74, 6) is -0.561. The second-order valence-electron chi connectivity index (χ2n) is 5.41. The van der Waals surface area contributed by atoms with Gasteiger partial charge < -0.3 is 10.1 Å². The topological polar surface area (TPSA) is 116 Å². The smallest absolute Gasteiger partial charge is 0.271 e. The number of nitro benzene ring substituents is 1. The highest BCUT2D eigenvalue weighted by Crippen LogP contribution is 2.30. The highest BCUT2D eigenvalue weighted by atomic mass is 32.2. The summed E-state index contributed by atoms with van der Waals surface area (Å²) >= 11 is 0. The van der Waals surface area contributed by atoms with Gasteiger partial charge in [0.25, 0.3) is 11.6 Å². The number of nitrogens with zero attached hydrogens (tertiary/aromatic N) is 1. The molecule has 2 rings (SSSR count). The van der Waals surface area contributed by atoms with Crippen LogP contribution in [0.25, 0.3) is 0 Å². The van der Waals surface area contributed by atoms with E-state index in [1.165, 1.54) is 37.4 Å². The Morgan fingerprint density at radius 1 is 1.23 bits per heavy atom. The molecule has 0 aliphatic carbocycles. The molecule has 0 aliphatic heterocycles. The first-order valence-corrected chi connectivity index (χ1v) is 9.41. The Kier molecular flexibility index (Phi) is 5.93. The number of ether oxygens (including phenoxy) is 1. The highest BCUT2D eigenvalue weighted by molar-refractivity contribution is 7.91. The summed E-state index contributed by atoms with van der Waals surface area (Å²) in [5.41, 5.74) is -0.183. The summed E-state index contributed by atoms with van der Waals surface area (Å²) < 4.78 is 29.9. The van der Waals surface area contributed by atoms with Crippen LogP contribution < -0.4 is 10.1 Å². The molecule has 26 heavy (non-hydrogen) atoms. The molecule has 0 radical (unpaired) electrons. The van der Waals surface area contributed by atoms with Crippen LogP contribution in [0, 0.1) is 10.1 Å². The minimum atomic E-state index is -3.62. The van der Waals surface area contributed by atoms with Gasteiger partial charge in [-0.15, -0.1) is 0 Å². The lowest BCUT2D eigenvalue weighted by atomic mass is 10.2. The van der Waals surface area contributed by atoms with Gasteiger partial charge in [-0.05, 0) is 24.6 Å². The van der Waals surface area contributed by atoms with Crippen LogP contribution in [-0.4, -0.2) is 32.1 Å². The number of nitro groups is 1. The predicted octanol–water partition coefficient (Wildman–Crippen LogP) is 3.04. The lowest BCUT2D eigenvalue weighted by molar-refractivity contribution is -0.384. The third kappa shape index (κ3) is 4.17. The summed E-state index contributed by atoms with van der Waals surface area (Å²) in [6.07, 6.45) is 0.414. The van der Waals surface area contributed by atoms with E-state index in [1.807, 2.05) is 0 Å². The van der Waals surface area contributed by atoms with Crippen LogP contribution in [0.4, 0.5) is 11.4 Å². The molecular formula is C17H18N2O6S. The first kappa shape index (κ1) is 19.4. The zero-order chi connectivity index (χ0) is 19.3. The quantitative estimate of drug-likeness (QED) is 0.585. The fraction of sp³-hybridized carbons (Fsp3) is 0.235. The number of sulfone groups is 1. The van der Waals surface area contributed by atoms with Gasteiger partial charge in [0.05, 0.1) is 33.9 Å². The third-order valence-electron chi connectivity index (χ3n) is 3.58. The third-order valence-corrected chi connectivity index (χ3v) is 5.55. The fourth-order valence-electron chi connectivity index (χ4n) is 2.40. The van der Waals surface area contributed by atoms with E-state index in [9.17, 15) is 23.3 Å². The Morgan fingerprint density at radius 2 is 1.92 bits per heavy atom. The molecule has 138 valence electrons. The number of carbonyl (C=O) groups is 1. The maximum absolute atomic E-state index is 12.6. The van der Waals surface area contributed by atoms with Crippen molar-refractivity contribution in [2.75, 3.05) is 18.2 Å². The summed E-state index contributed by atoms with van der Waals surface area (Å²) in [5, 5.41) is 13.4. The molecule has 9 heteroatoms. The number of non-ortho nitro benzene ring substituents is 1. The largest absolute Gasteiger partial charge is 0.495 e. The monoisotopic (exact) mass is 378 g/mol. The van der Waals surface area contributed by atoms with E-state index in [0.29, 0.717) is 6.42 Å². The molecule has 1 N–H and O–H groups in total. The van der Waals surface area contributed by atoms with Crippen LogP contribution in [0.2, 0.25) is 0 Å². The van der Waals surface area contributed by atoms with Crippen molar-refractivity contribution in [2.45, 2.75) is 18.2 Å². The molecular weight excluding hydrogens is 360 g/mol. The van der Waals surface area contributed by atoms with Crippen LogP contribution in [0.5, 0.6) is 5.75 Å². The zero-order valence-corrected chi connectivity index (χ0v) is 15.1. The van der Waals surface area contributed by atoms with E-state index in [-0.39, 0.29) is 33.3 Å². The molecule has 0 aliphatic rings. The maximum Gasteiger partial charge on any atom is 0.271 e. The van der Waals surface area contributed by atoms with Crippen molar-refractivity contribution in [1.29, 1.82) is 0 Å². The normalized spacial score (nSPS) is 11.0. The highest BCUT2D eigenvalue weighted by Gasteiger charge is 2.22. The van der Waals surface area contributed by atoms with Crippen LogP contribution in [0.15, 0.2) is 47.4 Å². The van der Waals surface area contributed by atoms with Crippen molar-refractivity contribution in [2.24, 2.45) is 0 Å². The van der Waals surface area contributed by atoms with Crippen molar-refractivity contribution in [3.63, 3.8) is 0 Å². The SMILES string of the molecule is CCCS(=O)(=O)c1ccccc1C(=O)Nc1cc([N+](=O)[O-])ccc1OC. The minimum absolute atomic E-state index is 0.0329. The van der Waals surface area contributed by atoms with Crippen molar-refractivity contribution in [1.82, 2.24) is 0 Å². The standard InChI is InChI=1S/C17H18N2O6S/c1-3-10-26(23,24)16-7-5-4-6-13(16)17(20)18-14-11-12(19(21)22)8-9-15(14)25-2/h4-9,11H,3,10H2,1-2H3,(H,18,20). The predicted molar refractivity (Wildman–Crippen MR) is 96.4 cm³/mol. The van der Waals surface area contributed by atoms with Gasteiger partial charge in [-0.3, -0.25) is 14.9 Å². The second kappa shape index (κ2) is 7.96. The Hall–Kier alpha value is -2.94. The molecule has 0 saturated heterocycles. The van der Waals surface area contributed by atoms with E-state index in [2.05, 4.69) is 5.32 Å². The van der Waals surface area contributed by atoms with Gasteiger partial charge in [0, 0.05) is 12.1 Å². The van der Waals surface area contributed by atoms with Crippen molar-refractivity contribution in [3.05, 3.63) is 58.1 Å². The molecule has 0 fully saturated rings. The molecule has 2 aromatic carbocycles. The minimum Gasteiger partial charge on any atom is -0.495 e. The summed E-state index contributed by atoms with van der Waals surface area (Å²) in [7, 11) is -2.26. The average Bonchev–Trinajstić information content (AvgIpc) is 2.61. The Morgan fingerprint density at radius 3 is 2.54 bits per heavy atom. The van der Waals surface area contributed by atoms with Crippen LogP contribution in [-0.2, 0) is 9.84 Å². The van der Waals surface area contributed by atoms with E-state index >= 15 is 0 Å². The van der Waals surface area contributed by atoms with Crippen LogP contribution in [0.1, 0.15) is 23.7 Å². The first-order chi connectivity index (χ1) is 12.3. The van der Waals surface area contributed by atoms with E-state index in [4.69, 9.17) is 4.74 Å². The van der Waals surface area contributed by atoms with Gasteiger partial charge >= 0.3 is 0 Å². The molecule has 2 aromatic rings. The van der Waals surface area contributed by atoms with E-state index in [0.717, 1.165) is 6.07 Å². The number of hydrogen-bond donors (Lipinski definition) is 1. The number of carbonyl (C=O) groups excluding carboxylic acids is 1. The first-order valence-electron chi connectivity index (χ1n) is 7.75. The fourth-order valence-corrected chi connectivity index (χ4v) is 3.94. The van der Waals surface area contributed by atoms with Crippen LogP contribution in [0.3, 0.4) is 0 Å². The molecule has 0 spiro atoms. The molecule has 0 unspecified atom stereocenters. The number of anilines is 1. The van der Waals surface area contributed by atoms with E-state index in [1.54, 1.807) is 13.0 Å². The van der Waals surface area contributed by atoms with Crippen molar-refractivity contribution in [3.8, 4) is 5.75 Å². The van der Waals surface area contributed by atoms with Gasteiger partial charge in [-0.25, -0.2) is 8.42 Å². The molecule has 0 aromatic heterocycles. The molecule has 1 amide bonds. The zero-order valence-electron chi connectivity index (χ0n) is 14.3. The molecule has 0 atom stereocenters. The second-order valence-corrected chi connectivity index (χ2v) is 7.49. The number of benzene rings is 2. The maximum atomic E-state index is 12.6. The van der Waals surface area contributed by atoms with Crippen LogP contribution >= 0.6 is 0 Å². The van der Waals surface area contributed by atoms with Gasteiger partial charge in [0.15, 0.2) is 9.84 Å². The average molecular weight is 378 g/mol. The summed E-state index contributed by atoms with van der Waals surface area (Å²) in [6, 6.07) is 9.59. The molecule has 0 heterocycles. The Labute approximate surface area is 150 Å². The lowest BCUT2D eigenvalue weighted by Crippen LogP contribution is -2.18. The van der Waals surface area contributed by atoms with Gasteiger partial charge in [-0.2, -0.15) is 0 Å². The number of hydrogen-bond acceptors (Lipinski definition) is 6. The Bertz CT molecular complexity index is 940. The van der Waals surface area contributed by atoms with Gasteiger partial charge in [0.1, 0.15) is 5.75 Å². The summed E-state index contributed by atoms with van der Waals surface area (Å²) in [6.45, 7) is 1.73. The number of rotatable bonds is 7. The van der Waals surface area contributed by atoms with E-state index < -0.39 is 20.7 Å². The molecule has 8 nitrogen and oxygen atoms in total. The lowest BCUT2D eigenvalue weighted by Gasteiger charge is -2.12. The number of amides is 1. The molecule has 0 saturated carbocycles. The van der Waals surface area contributed by atoms with Gasteiger partial charge in [-0.1, -0.05) is 19.1 Å². The molecule has 0 bridgehead atoms. The van der Waals surface area contributed by atoms with Crippen molar-refractivity contribution < 1.29 is 22.9 Å². The number of methoxy groups -OCH3 is 1. The summed E-state index contributed by atoms with van der Waals surface area (Å²) in [4.78, 5) is 22.9.